The molecule has 186 valence electrons. The van der Waals surface area contributed by atoms with Crippen LogP contribution in [0, 0.1) is 0 Å². The molecule has 0 spiro atoms. The monoisotopic (exact) mass is 472 g/mol. The van der Waals surface area contributed by atoms with Gasteiger partial charge in [-0.3, -0.25) is 9.59 Å². The van der Waals surface area contributed by atoms with Crippen LogP contribution in [0.2, 0.25) is 0 Å². The molecule has 1 fully saturated rings. The summed E-state index contributed by atoms with van der Waals surface area (Å²) in [7, 11) is 3.94. The Morgan fingerprint density at radius 1 is 1.06 bits per heavy atom. The molecule has 0 bridgehead atoms. The summed E-state index contributed by atoms with van der Waals surface area (Å²) in [5.74, 6) is -1.67. The van der Waals surface area contributed by atoms with Crippen LogP contribution in [0.5, 0.6) is 0 Å². The topological polar surface area (TPSA) is 93.9 Å². The van der Waals surface area contributed by atoms with Crippen molar-refractivity contribution in [2.24, 2.45) is 5.73 Å². The molecular formula is C22H35F3N6O2. The van der Waals surface area contributed by atoms with E-state index in [-0.39, 0.29) is 6.54 Å². The van der Waals surface area contributed by atoms with E-state index in [1.807, 2.05) is 19.0 Å². The minimum Gasteiger partial charge on any atom is -0.369 e. The average Bonchev–Trinajstić information content (AvgIpc) is 2.78. The number of anilines is 1. The summed E-state index contributed by atoms with van der Waals surface area (Å²) >= 11 is 0. The van der Waals surface area contributed by atoms with E-state index in [0.717, 1.165) is 44.7 Å². The van der Waals surface area contributed by atoms with Crippen LogP contribution in [-0.4, -0.2) is 88.1 Å². The second-order valence-electron chi connectivity index (χ2n) is 8.37. The first kappa shape index (κ1) is 26.9. The number of amides is 2. The number of likely N-dealkylation sites (N-methyl/N-ethyl adjacent to an activating group) is 1. The van der Waals surface area contributed by atoms with Gasteiger partial charge in [-0.05, 0) is 70.3 Å². The molecule has 0 atom stereocenters. The summed E-state index contributed by atoms with van der Waals surface area (Å²) in [5, 5.41) is 5.01. The van der Waals surface area contributed by atoms with Gasteiger partial charge in [-0.2, -0.15) is 13.2 Å². The molecule has 1 aromatic carbocycles. The maximum absolute atomic E-state index is 13.2. The third kappa shape index (κ3) is 8.82. The molecule has 1 heterocycles. The van der Waals surface area contributed by atoms with Crippen LogP contribution in [-0.2, 0) is 22.3 Å². The third-order valence-corrected chi connectivity index (χ3v) is 5.64. The van der Waals surface area contributed by atoms with Crippen LogP contribution in [0.1, 0.15) is 24.0 Å². The predicted octanol–water partition coefficient (Wildman–Crippen LogP) is 0.860. The highest BCUT2D eigenvalue weighted by Crippen LogP contribution is 2.33. The number of hydrogen-bond donors (Lipinski definition) is 3. The quantitative estimate of drug-likeness (QED) is 0.346. The molecule has 0 aliphatic carbocycles. The zero-order valence-electron chi connectivity index (χ0n) is 19.4. The van der Waals surface area contributed by atoms with Crippen molar-refractivity contribution in [2.45, 2.75) is 25.6 Å². The van der Waals surface area contributed by atoms with E-state index in [9.17, 15) is 22.8 Å². The van der Waals surface area contributed by atoms with Crippen LogP contribution < -0.4 is 21.3 Å². The Kier molecular flexibility index (Phi) is 10.4. The van der Waals surface area contributed by atoms with Gasteiger partial charge in [0.05, 0.1) is 5.56 Å². The largest absolute Gasteiger partial charge is 0.416 e. The van der Waals surface area contributed by atoms with Crippen LogP contribution in [0.25, 0.3) is 0 Å². The Labute approximate surface area is 193 Å². The Hall–Kier alpha value is -2.37. The highest BCUT2D eigenvalue weighted by molar-refractivity contribution is 6.35. The number of nitrogens with two attached hydrogens (primary N) is 1. The van der Waals surface area contributed by atoms with Crippen LogP contribution >= 0.6 is 0 Å². The van der Waals surface area contributed by atoms with Gasteiger partial charge >= 0.3 is 18.0 Å². The second-order valence-corrected chi connectivity index (χ2v) is 8.37. The molecule has 4 N–H and O–H groups in total. The minimum absolute atomic E-state index is 0.167. The lowest BCUT2D eigenvalue weighted by Crippen LogP contribution is -2.45. The highest BCUT2D eigenvalue weighted by atomic mass is 19.4. The van der Waals surface area contributed by atoms with Gasteiger partial charge < -0.3 is 31.1 Å². The zero-order chi connectivity index (χ0) is 24.4. The number of carbonyl (C=O) groups is 2. The molecule has 11 heteroatoms. The lowest BCUT2D eigenvalue weighted by molar-refractivity contribution is -0.139. The van der Waals surface area contributed by atoms with E-state index in [0.29, 0.717) is 43.9 Å². The Morgan fingerprint density at radius 2 is 1.70 bits per heavy atom. The van der Waals surface area contributed by atoms with Crippen molar-refractivity contribution in [1.29, 1.82) is 0 Å². The van der Waals surface area contributed by atoms with Crippen LogP contribution in [0.15, 0.2) is 18.2 Å². The van der Waals surface area contributed by atoms with Crippen molar-refractivity contribution >= 4 is 17.5 Å². The maximum atomic E-state index is 13.2. The molecule has 1 saturated heterocycles. The van der Waals surface area contributed by atoms with Crippen molar-refractivity contribution in [2.75, 3.05) is 71.4 Å². The molecule has 0 unspecified atom stereocenters. The molecule has 33 heavy (non-hydrogen) atoms. The number of nitrogens with one attached hydrogen (secondary N) is 2. The van der Waals surface area contributed by atoms with Gasteiger partial charge in [0.25, 0.3) is 0 Å². The number of alkyl halides is 3. The number of piperazine rings is 1. The average molecular weight is 473 g/mol. The van der Waals surface area contributed by atoms with Gasteiger partial charge in [0, 0.05) is 45.0 Å². The molecule has 0 aromatic heterocycles. The molecule has 0 saturated carbocycles. The summed E-state index contributed by atoms with van der Waals surface area (Å²) in [6.45, 7) is 5.30. The van der Waals surface area contributed by atoms with Gasteiger partial charge in [-0.15, -0.1) is 0 Å². The summed E-state index contributed by atoms with van der Waals surface area (Å²) in [6, 6.07) is 3.54. The van der Waals surface area contributed by atoms with Crippen molar-refractivity contribution in [1.82, 2.24) is 20.4 Å². The molecule has 1 aliphatic rings. The van der Waals surface area contributed by atoms with Gasteiger partial charge in [-0.25, -0.2) is 0 Å². The number of nitrogens with zero attached hydrogens (tertiary/aromatic N) is 3. The number of carbonyl (C=O) groups excluding carboxylic acids is 2. The summed E-state index contributed by atoms with van der Waals surface area (Å²) in [5.41, 5.74) is 5.66. The van der Waals surface area contributed by atoms with E-state index in [4.69, 9.17) is 5.73 Å². The fourth-order valence-electron chi connectivity index (χ4n) is 3.62. The minimum atomic E-state index is -4.49. The maximum Gasteiger partial charge on any atom is 0.416 e. The van der Waals surface area contributed by atoms with Crippen molar-refractivity contribution in [3.8, 4) is 0 Å². The van der Waals surface area contributed by atoms with Crippen molar-refractivity contribution in [3.05, 3.63) is 29.3 Å². The van der Waals surface area contributed by atoms with Crippen LogP contribution in [0.4, 0.5) is 18.9 Å². The van der Waals surface area contributed by atoms with E-state index in [1.54, 1.807) is 0 Å². The van der Waals surface area contributed by atoms with Gasteiger partial charge in [-0.1, -0.05) is 0 Å². The van der Waals surface area contributed by atoms with Gasteiger partial charge in [0.2, 0.25) is 0 Å². The Morgan fingerprint density at radius 3 is 2.33 bits per heavy atom. The van der Waals surface area contributed by atoms with E-state index >= 15 is 0 Å². The number of hydrogen-bond acceptors (Lipinski definition) is 6. The Bertz CT molecular complexity index is 782. The number of rotatable bonds is 10. The lowest BCUT2D eigenvalue weighted by atomic mass is 10.1. The fourth-order valence-corrected chi connectivity index (χ4v) is 3.62. The van der Waals surface area contributed by atoms with Crippen molar-refractivity contribution < 1.29 is 22.8 Å². The van der Waals surface area contributed by atoms with Crippen molar-refractivity contribution in [3.63, 3.8) is 0 Å². The first-order valence-corrected chi connectivity index (χ1v) is 11.2. The number of halogens is 3. The molecule has 1 aromatic rings. The second kappa shape index (κ2) is 12.8. The van der Waals surface area contributed by atoms with E-state index in [1.165, 1.54) is 6.07 Å². The third-order valence-electron chi connectivity index (χ3n) is 5.64. The van der Waals surface area contributed by atoms with Gasteiger partial charge in [0.15, 0.2) is 0 Å². The van der Waals surface area contributed by atoms with E-state index < -0.39 is 23.6 Å². The smallest absolute Gasteiger partial charge is 0.369 e. The van der Waals surface area contributed by atoms with Crippen LogP contribution in [0.3, 0.4) is 0 Å². The van der Waals surface area contributed by atoms with Gasteiger partial charge in [0.1, 0.15) is 0 Å². The standard InChI is InChI=1S/C22H35F3N6O2/c1-29(9-3-7-26)10-4-8-27-20(32)21(33)28-16-17-15-18(22(23,24)25)5-6-19(17)31-13-11-30(2)12-14-31/h5-6,15H,3-4,7-14,16,26H2,1-2H3,(H,27,32)(H,28,33). The SMILES string of the molecule is CN(CCCN)CCCNC(=O)C(=O)NCc1cc(C(F)(F)F)ccc1N1CCN(C)CC1. The molecular weight excluding hydrogens is 437 g/mol. The highest BCUT2D eigenvalue weighted by Gasteiger charge is 2.31. The zero-order valence-corrected chi connectivity index (χ0v) is 19.4. The summed E-state index contributed by atoms with van der Waals surface area (Å²) in [6.07, 6.45) is -2.94. The Balaban J connectivity index is 1.93. The fraction of sp³-hybridized carbons (Fsp3) is 0.636. The molecule has 2 rings (SSSR count). The summed E-state index contributed by atoms with van der Waals surface area (Å²) < 4.78 is 39.7. The van der Waals surface area contributed by atoms with E-state index in [2.05, 4.69) is 20.4 Å². The normalized spacial score (nSPS) is 15.1. The molecule has 0 radical (unpaired) electrons. The predicted molar refractivity (Wildman–Crippen MR) is 122 cm³/mol. The first-order chi connectivity index (χ1) is 15.6. The first-order valence-electron chi connectivity index (χ1n) is 11.2. The molecule has 2 amide bonds. The molecule has 1 aliphatic heterocycles. The number of benzene rings is 1. The molecule has 8 nitrogen and oxygen atoms in total. The summed E-state index contributed by atoms with van der Waals surface area (Å²) in [4.78, 5) is 30.5. The lowest BCUT2D eigenvalue weighted by Gasteiger charge is -2.35.